The molecule has 5 heterocycles. The summed E-state index contributed by atoms with van der Waals surface area (Å²) in [6, 6.07) is 6.64. The molecule has 0 saturated carbocycles. The van der Waals surface area contributed by atoms with Crippen molar-refractivity contribution >= 4 is 40.7 Å². The largest absolute Gasteiger partial charge is 0.494 e. The Bertz CT molecular complexity index is 877. The standard InChI is InChI=1S/C18H24BN4O2S/c1-2-24-13-3-4-14-15(9-13)26-17(21-14)22-16-20-10-18(25-16)11-23(19)7-5-12(18)6-8-23/h3-4,9,12H,2,5-8,10-11,19H2,1H3,(H,20,21,22)/q+1. The number of nitrogens with zero attached hydrogens (tertiary/aromatic N) is 3. The molecule has 1 atom stereocenters. The van der Waals surface area contributed by atoms with Gasteiger partial charge < -0.3 is 13.9 Å². The molecule has 136 valence electrons. The van der Waals surface area contributed by atoms with Crippen LogP contribution in [0.3, 0.4) is 0 Å². The van der Waals surface area contributed by atoms with Gasteiger partial charge >= 0.3 is 7.98 Å². The van der Waals surface area contributed by atoms with Crippen LogP contribution in [0.2, 0.25) is 0 Å². The number of quaternary nitrogens is 1. The molecule has 1 aromatic heterocycles. The van der Waals surface area contributed by atoms with E-state index in [1.54, 1.807) is 11.3 Å². The number of fused-ring (bicyclic) bond motifs is 3. The fourth-order valence-electron chi connectivity index (χ4n) is 4.78. The Balaban J connectivity index is 1.32. The van der Waals surface area contributed by atoms with Crippen molar-refractivity contribution in [3.63, 3.8) is 0 Å². The molecule has 1 aromatic carbocycles. The third kappa shape index (κ3) is 2.67. The van der Waals surface area contributed by atoms with Gasteiger partial charge in [0.2, 0.25) is 0 Å². The lowest BCUT2D eigenvalue weighted by atomic mass is 9.72. The van der Waals surface area contributed by atoms with Gasteiger partial charge in [-0.2, -0.15) is 0 Å². The molecule has 1 unspecified atom stereocenters. The molecule has 26 heavy (non-hydrogen) atoms. The van der Waals surface area contributed by atoms with Crippen molar-refractivity contribution in [3.8, 4) is 5.75 Å². The van der Waals surface area contributed by atoms with E-state index in [2.05, 4.69) is 18.3 Å². The highest BCUT2D eigenvalue weighted by molar-refractivity contribution is 7.22. The first-order valence-corrected chi connectivity index (χ1v) is 10.3. The van der Waals surface area contributed by atoms with Crippen molar-refractivity contribution < 1.29 is 13.9 Å². The van der Waals surface area contributed by atoms with Gasteiger partial charge in [-0.05, 0) is 25.1 Å². The van der Waals surface area contributed by atoms with Gasteiger partial charge in [0, 0.05) is 18.8 Å². The second-order valence-corrected chi connectivity index (χ2v) is 9.02. The Labute approximate surface area is 158 Å². The number of aliphatic imine (C=N–C) groups is 1. The van der Waals surface area contributed by atoms with Crippen LogP contribution in [0.15, 0.2) is 23.2 Å². The first kappa shape index (κ1) is 16.4. The molecule has 3 fully saturated rings. The fraction of sp³-hybridized carbons (Fsp3) is 0.556. The highest BCUT2D eigenvalue weighted by Crippen LogP contribution is 2.43. The summed E-state index contributed by atoms with van der Waals surface area (Å²) in [7, 11) is 2.36. The minimum absolute atomic E-state index is 0.105. The van der Waals surface area contributed by atoms with Crippen LogP contribution in [0.5, 0.6) is 5.75 Å². The van der Waals surface area contributed by atoms with Gasteiger partial charge in [0.25, 0.3) is 6.02 Å². The molecule has 0 amide bonds. The topological polar surface area (TPSA) is 55.7 Å². The second-order valence-electron chi connectivity index (χ2n) is 7.99. The molecule has 8 heteroatoms. The van der Waals surface area contributed by atoms with Crippen LogP contribution in [0, 0.1) is 5.92 Å². The Morgan fingerprint density at radius 3 is 3.04 bits per heavy atom. The predicted molar refractivity (Wildman–Crippen MR) is 107 cm³/mol. The third-order valence-corrected chi connectivity index (χ3v) is 7.04. The van der Waals surface area contributed by atoms with Gasteiger partial charge in [0.1, 0.15) is 12.3 Å². The van der Waals surface area contributed by atoms with E-state index in [-0.39, 0.29) is 5.60 Å². The number of anilines is 1. The summed E-state index contributed by atoms with van der Waals surface area (Å²) in [6.45, 7) is 7.06. The number of ether oxygens (including phenoxy) is 2. The molecule has 2 aromatic rings. The number of thiazole rings is 1. The van der Waals surface area contributed by atoms with Crippen LogP contribution in [0.1, 0.15) is 19.8 Å². The lowest BCUT2D eigenvalue weighted by Crippen LogP contribution is -2.69. The van der Waals surface area contributed by atoms with Crippen molar-refractivity contribution in [1.29, 1.82) is 0 Å². The lowest BCUT2D eigenvalue weighted by Gasteiger charge is -2.55. The maximum absolute atomic E-state index is 6.42. The summed E-state index contributed by atoms with van der Waals surface area (Å²) in [5.41, 5.74) is 0.863. The Morgan fingerprint density at radius 1 is 1.42 bits per heavy atom. The monoisotopic (exact) mass is 371 g/mol. The van der Waals surface area contributed by atoms with Crippen molar-refractivity contribution in [2.45, 2.75) is 25.4 Å². The van der Waals surface area contributed by atoms with Crippen molar-refractivity contribution in [2.24, 2.45) is 10.9 Å². The van der Waals surface area contributed by atoms with E-state index in [0.29, 0.717) is 18.5 Å². The van der Waals surface area contributed by atoms with E-state index in [1.165, 1.54) is 25.9 Å². The molecule has 4 aliphatic rings. The van der Waals surface area contributed by atoms with Gasteiger partial charge in [-0.25, -0.2) is 9.98 Å². The Hall–Kier alpha value is -1.80. The van der Waals surface area contributed by atoms with Crippen molar-refractivity contribution in [3.05, 3.63) is 18.2 Å². The molecule has 2 bridgehead atoms. The molecule has 4 aliphatic heterocycles. The van der Waals surface area contributed by atoms with Crippen LogP contribution in [-0.4, -0.2) is 61.8 Å². The van der Waals surface area contributed by atoms with Gasteiger partial charge in [-0.1, -0.05) is 11.3 Å². The number of piperidine rings is 3. The minimum Gasteiger partial charge on any atom is -0.494 e. The normalized spacial score (nSPS) is 32.7. The summed E-state index contributed by atoms with van der Waals surface area (Å²) in [6.07, 6.45) is 2.50. The number of rotatable bonds is 3. The van der Waals surface area contributed by atoms with E-state index in [0.717, 1.165) is 38.6 Å². The second kappa shape index (κ2) is 5.86. The highest BCUT2D eigenvalue weighted by atomic mass is 32.1. The zero-order chi connectivity index (χ0) is 17.8. The number of nitrogens with one attached hydrogen (secondary N) is 1. The summed E-state index contributed by atoms with van der Waals surface area (Å²) in [5, 5.41) is 4.14. The summed E-state index contributed by atoms with van der Waals surface area (Å²) >= 11 is 1.61. The SMILES string of the molecule is B[N+]12CCC(CC1)C1(CN=C(Nc3nc4ccc(OCC)cc4s3)O1)C2. The predicted octanol–water partition coefficient (Wildman–Crippen LogP) is 2.02. The van der Waals surface area contributed by atoms with Gasteiger partial charge in [-0.15, -0.1) is 0 Å². The van der Waals surface area contributed by atoms with Crippen LogP contribution >= 0.6 is 11.3 Å². The van der Waals surface area contributed by atoms with Crippen LogP contribution in [-0.2, 0) is 4.74 Å². The van der Waals surface area contributed by atoms with Gasteiger partial charge in [0.15, 0.2) is 10.7 Å². The molecule has 6 rings (SSSR count). The average Bonchev–Trinajstić information content (AvgIpc) is 3.19. The number of hydrogen-bond acceptors (Lipinski definition) is 6. The quantitative estimate of drug-likeness (QED) is 0.839. The zero-order valence-corrected chi connectivity index (χ0v) is 16.1. The van der Waals surface area contributed by atoms with Gasteiger partial charge in [0.05, 0.1) is 36.5 Å². The third-order valence-electron chi connectivity index (χ3n) is 6.10. The molecule has 0 radical (unpaired) electrons. The Morgan fingerprint density at radius 2 is 2.27 bits per heavy atom. The molecular weight excluding hydrogens is 347 g/mol. The molecule has 3 saturated heterocycles. The molecule has 1 spiro atoms. The first-order valence-electron chi connectivity index (χ1n) is 9.45. The van der Waals surface area contributed by atoms with Crippen molar-refractivity contribution in [2.75, 3.05) is 38.1 Å². The molecule has 6 nitrogen and oxygen atoms in total. The van der Waals surface area contributed by atoms with Crippen LogP contribution < -0.4 is 10.1 Å². The zero-order valence-electron chi connectivity index (χ0n) is 15.3. The number of hydrogen-bond donors (Lipinski definition) is 1. The van der Waals surface area contributed by atoms with Gasteiger partial charge in [-0.3, -0.25) is 5.32 Å². The van der Waals surface area contributed by atoms with E-state index in [4.69, 9.17) is 14.5 Å². The number of benzene rings is 1. The minimum atomic E-state index is -0.105. The maximum atomic E-state index is 6.42. The highest BCUT2D eigenvalue weighted by Gasteiger charge is 2.57. The Kier molecular flexibility index (Phi) is 3.69. The summed E-state index contributed by atoms with van der Waals surface area (Å²) in [5.74, 6) is 1.52. The first-order chi connectivity index (χ1) is 12.6. The lowest BCUT2D eigenvalue weighted by molar-refractivity contribution is -0.845. The summed E-state index contributed by atoms with van der Waals surface area (Å²) < 4.78 is 14.2. The van der Waals surface area contributed by atoms with Crippen LogP contribution in [0.4, 0.5) is 5.13 Å². The van der Waals surface area contributed by atoms with E-state index in [9.17, 15) is 0 Å². The smallest absolute Gasteiger partial charge is 0.373 e. The van der Waals surface area contributed by atoms with Crippen LogP contribution in [0.25, 0.3) is 10.2 Å². The number of aromatic nitrogens is 1. The number of amidine groups is 1. The molecule has 1 N–H and O–H groups in total. The van der Waals surface area contributed by atoms with Crippen molar-refractivity contribution in [1.82, 2.24) is 4.98 Å². The fourth-order valence-corrected chi connectivity index (χ4v) is 5.66. The van der Waals surface area contributed by atoms with E-state index < -0.39 is 0 Å². The molecular formula is C18H24BN4O2S+. The summed E-state index contributed by atoms with van der Waals surface area (Å²) in [4.78, 5) is 9.35. The van der Waals surface area contributed by atoms with E-state index >= 15 is 0 Å². The van der Waals surface area contributed by atoms with E-state index in [1.807, 2.05) is 25.1 Å². The maximum Gasteiger partial charge on any atom is 0.373 e. The molecule has 0 aliphatic carbocycles. The average molecular weight is 371 g/mol.